The van der Waals surface area contributed by atoms with Gasteiger partial charge in [-0.3, -0.25) is 4.90 Å². The first-order valence-corrected chi connectivity index (χ1v) is 7.03. The third-order valence-electron chi connectivity index (χ3n) is 3.40. The summed E-state index contributed by atoms with van der Waals surface area (Å²) in [5.74, 6) is -0.579. The standard InChI is InChI=1S/C15H20N2O4/c1-10(2)13(14(18)19)16-15(20)17-8-5-9-21-12-7-4-3-6-11(12)17/h3-4,6-7,10,13H,5,8-9H2,1-2H3,(H,16,20)(H,18,19)/t13-/m1/s1. The van der Waals surface area contributed by atoms with Crippen LogP contribution in [0, 0.1) is 5.92 Å². The smallest absolute Gasteiger partial charge is 0.326 e. The van der Waals surface area contributed by atoms with E-state index in [9.17, 15) is 14.7 Å². The fourth-order valence-corrected chi connectivity index (χ4v) is 2.26. The quantitative estimate of drug-likeness (QED) is 0.894. The summed E-state index contributed by atoms with van der Waals surface area (Å²) in [6.45, 7) is 4.55. The van der Waals surface area contributed by atoms with Crippen molar-refractivity contribution >= 4 is 17.7 Å². The third-order valence-corrected chi connectivity index (χ3v) is 3.40. The second kappa shape index (κ2) is 6.47. The van der Waals surface area contributed by atoms with Crippen LogP contribution in [0.4, 0.5) is 10.5 Å². The normalized spacial score (nSPS) is 15.7. The van der Waals surface area contributed by atoms with E-state index in [1.54, 1.807) is 30.9 Å². The number of benzene rings is 1. The summed E-state index contributed by atoms with van der Waals surface area (Å²) in [6, 6.07) is 5.95. The maximum Gasteiger partial charge on any atom is 0.326 e. The lowest BCUT2D eigenvalue weighted by atomic mass is 10.1. The molecular formula is C15H20N2O4. The number of carbonyl (C=O) groups excluding carboxylic acids is 1. The maximum absolute atomic E-state index is 12.4. The van der Waals surface area contributed by atoms with Gasteiger partial charge in [0.1, 0.15) is 11.8 Å². The van der Waals surface area contributed by atoms with Gasteiger partial charge in [0, 0.05) is 6.54 Å². The molecule has 0 aliphatic carbocycles. The number of carboxylic acids is 1. The van der Waals surface area contributed by atoms with Gasteiger partial charge in [0.2, 0.25) is 0 Å². The highest BCUT2D eigenvalue weighted by molar-refractivity contribution is 5.95. The Balaban J connectivity index is 2.20. The highest BCUT2D eigenvalue weighted by Gasteiger charge is 2.28. The lowest BCUT2D eigenvalue weighted by Gasteiger charge is -2.25. The number of fused-ring (bicyclic) bond motifs is 1. The zero-order valence-corrected chi connectivity index (χ0v) is 12.2. The van der Waals surface area contributed by atoms with Gasteiger partial charge in [0.25, 0.3) is 0 Å². The highest BCUT2D eigenvalue weighted by atomic mass is 16.5. The topological polar surface area (TPSA) is 78.9 Å². The first kappa shape index (κ1) is 15.2. The number of nitrogens with zero attached hydrogens (tertiary/aromatic N) is 1. The summed E-state index contributed by atoms with van der Waals surface area (Å²) >= 11 is 0. The Hall–Kier alpha value is -2.24. The molecule has 0 aromatic heterocycles. The number of carbonyl (C=O) groups is 2. The zero-order valence-electron chi connectivity index (χ0n) is 12.2. The van der Waals surface area contributed by atoms with Crippen molar-refractivity contribution in [3.63, 3.8) is 0 Å². The van der Waals surface area contributed by atoms with E-state index in [0.29, 0.717) is 31.0 Å². The van der Waals surface area contributed by atoms with E-state index < -0.39 is 18.0 Å². The van der Waals surface area contributed by atoms with E-state index >= 15 is 0 Å². The van der Waals surface area contributed by atoms with E-state index in [0.717, 1.165) is 0 Å². The number of para-hydroxylation sites is 2. The van der Waals surface area contributed by atoms with Gasteiger partial charge < -0.3 is 15.2 Å². The molecular weight excluding hydrogens is 272 g/mol. The van der Waals surface area contributed by atoms with Crippen molar-refractivity contribution in [2.75, 3.05) is 18.1 Å². The van der Waals surface area contributed by atoms with Crippen molar-refractivity contribution in [1.29, 1.82) is 0 Å². The highest BCUT2D eigenvalue weighted by Crippen LogP contribution is 2.30. The molecule has 114 valence electrons. The van der Waals surface area contributed by atoms with Crippen LogP contribution in [0.15, 0.2) is 24.3 Å². The van der Waals surface area contributed by atoms with Crippen molar-refractivity contribution in [2.45, 2.75) is 26.3 Å². The number of aliphatic carboxylic acids is 1. The van der Waals surface area contributed by atoms with Crippen molar-refractivity contribution in [3.8, 4) is 5.75 Å². The van der Waals surface area contributed by atoms with Gasteiger partial charge in [-0.2, -0.15) is 0 Å². The van der Waals surface area contributed by atoms with Gasteiger partial charge in [-0.25, -0.2) is 9.59 Å². The Morgan fingerprint density at radius 2 is 2.05 bits per heavy atom. The summed E-state index contributed by atoms with van der Waals surface area (Å²) in [6.07, 6.45) is 0.696. The molecule has 6 nitrogen and oxygen atoms in total. The Morgan fingerprint density at radius 3 is 2.71 bits per heavy atom. The molecule has 21 heavy (non-hydrogen) atoms. The zero-order chi connectivity index (χ0) is 15.4. The molecule has 1 aromatic rings. The number of nitrogens with one attached hydrogen (secondary N) is 1. The molecule has 1 aromatic carbocycles. The predicted molar refractivity (Wildman–Crippen MR) is 78.7 cm³/mol. The van der Waals surface area contributed by atoms with E-state index in [2.05, 4.69) is 5.32 Å². The summed E-state index contributed by atoms with van der Waals surface area (Å²) in [5, 5.41) is 11.8. The molecule has 2 N–H and O–H groups in total. The summed E-state index contributed by atoms with van der Waals surface area (Å²) in [4.78, 5) is 25.2. The minimum absolute atomic E-state index is 0.190. The Morgan fingerprint density at radius 1 is 1.33 bits per heavy atom. The van der Waals surface area contributed by atoms with Gasteiger partial charge in [-0.15, -0.1) is 0 Å². The van der Waals surface area contributed by atoms with Crippen LogP contribution >= 0.6 is 0 Å². The molecule has 0 saturated heterocycles. The molecule has 1 heterocycles. The van der Waals surface area contributed by atoms with Gasteiger partial charge in [-0.05, 0) is 24.5 Å². The molecule has 0 unspecified atom stereocenters. The second-order valence-electron chi connectivity index (χ2n) is 5.33. The summed E-state index contributed by atoms with van der Waals surface area (Å²) in [7, 11) is 0. The van der Waals surface area contributed by atoms with Crippen LogP contribution < -0.4 is 15.0 Å². The molecule has 0 spiro atoms. The molecule has 0 saturated carbocycles. The minimum atomic E-state index is -1.03. The Bertz CT molecular complexity index is 530. The van der Waals surface area contributed by atoms with Gasteiger partial charge >= 0.3 is 12.0 Å². The maximum atomic E-state index is 12.4. The number of ether oxygens (including phenoxy) is 1. The molecule has 1 aliphatic heterocycles. The molecule has 0 fully saturated rings. The van der Waals surface area contributed by atoms with Crippen LogP contribution in [0.5, 0.6) is 5.75 Å². The van der Waals surface area contributed by atoms with Crippen molar-refractivity contribution in [1.82, 2.24) is 5.32 Å². The molecule has 1 atom stereocenters. The van der Waals surface area contributed by atoms with Crippen LogP contribution in [-0.4, -0.2) is 36.3 Å². The van der Waals surface area contributed by atoms with E-state index in [1.807, 2.05) is 12.1 Å². The van der Waals surface area contributed by atoms with Gasteiger partial charge in [0.15, 0.2) is 0 Å². The summed E-state index contributed by atoms with van der Waals surface area (Å²) in [5.41, 5.74) is 0.667. The van der Waals surface area contributed by atoms with Crippen LogP contribution in [0.2, 0.25) is 0 Å². The number of anilines is 1. The van der Waals surface area contributed by atoms with Gasteiger partial charge in [0.05, 0.1) is 12.3 Å². The SMILES string of the molecule is CC(C)[C@@H](NC(=O)N1CCCOc2ccccc21)C(=O)O. The number of hydrogen-bond acceptors (Lipinski definition) is 3. The number of urea groups is 1. The fourth-order valence-electron chi connectivity index (χ4n) is 2.26. The third kappa shape index (κ3) is 3.45. The number of hydrogen-bond donors (Lipinski definition) is 2. The lowest BCUT2D eigenvalue weighted by molar-refractivity contribution is -0.140. The first-order chi connectivity index (χ1) is 10.0. The predicted octanol–water partition coefficient (Wildman–Crippen LogP) is 2.09. The molecule has 2 rings (SSSR count). The number of amides is 2. The minimum Gasteiger partial charge on any atom is -0.491 e. The second-order valence-corrected chi connectivity index (χ2v) is 5.33. The molecule has 1 aliphatic rings. The van der Waals surface area contributed by atoms with E-state index in [4.69, 9.17) is 4.74 Å². The molecule has 0 bridgehead atoms. The lowest BCUT2D eigenvalue weighted by Crippen LogP contribution is -2.50. The summed E-state index contributed by atoms with van der Waals surface area (Å²) < 4.78 is 5.59. The number of rotatable bonds is 3. The van der Waals surface area contributed by atoms with Crippen molar-refractivity contribution < 1.29 is 19.4 Å². The van der Waals surface area contributed by atoms with Crippen LogP contribution in [0.3, 0.4) is 0 Å². The molecule has 0 radical (unpaired) electrons. The average Bonchev–Trinajstić information content (AvgIpc) is 2.66. The van der Waals surface area contributed by atoms with Gasteiger partial charge in [-0.1, -0.05) is 26.0 Å². The van der Waals surface area contributed by atoms with Crippen LogP contribution in [-0.2, 0) is 4.79 Å². The van der Waals surface area contributed by atoms with Crippen molar-refractivity contribution in [3.05, 3.63) is 24.3 Å². The Kier molecular flexibility index (Phi) is 4.67. The van der Waals surface area contributed by atoms with Crippen LogP contribution in [0.25, 0.3) is 0 Å². The van der Waals surface area contributed by atoms with E-state index in [1.165, 1.54) is 0 Å². The number of carboxylic acid groups (broad SMARTS) is 1. The largest absolute Gasteiger partial charge is 0.491 e. The fraction of sp³-hybridized carbons (Fsp3) is 0.467. The van der Waals surface area contributed by atoms with Crippen LogP contribution in [0.1, 0.15) is 20.3 Å². The molecule has 6 heteroatoms. The average molecular weight is 292 g/mol. The molecule has 2 amide bonds. The van der Waals surface area contributed by atoms with Crippen molar-refractivity contribution in [2.24, 2.45) is 5.92 Å². The first-order valence-electron chi connectivity index (χ1n) is 7.03. The van der Waals surface area contributed by atoms with E-state index in [-0.39, 0.29) is 5.92 Å². The monoisotopic (exact) mass is 292 g/mol. The Labute approximate surface area is 123 Å².